The van der Waals surface area contributed by atoms with Crippen LogP contribution in [0.1, 0.15) is 6.92 Å². The van der Waals surface area contributed by atoms with E-state index in [0.717, 1.165) is 5.70 Å². The predicted octanol–water partition coefficient (Wildman–Crippen LogP) is 4.31. The third kappa shape index (κ3) is 3.46. The molecule has 4 nitrogen and oxygen atoms in total. The van der Waals surface area contributed by atoms with Crippen LogP contribution in [0.2, 0.25) is 5.02 Å². The molecule has 1 aromatic carbocycles. The standard InChI is InChI=1S/C13H13ClN2O2/c1-3-5-7-10(4-2)15-12-9-6-8-11(14)13(12)16(17)18/h3-9,15H,1H2,2H3/b7-5-,10-4+. The van der Waals surface area contributed by atoms with Gasteiger partial charge in [-0.1, -0.05) is 42.5 Å². The molecule has 1 N–H and O–H groups in total. The van der Waals surface area contributed by atoms with Crippen molar-refractivity contribution in [2.24, 2.45) is 0 Å². The minimum Gasteiger partial charge on any atom is -0.350 e. The van der Waals surface area contributed by atoms with Gasteiger partial charge < -0.3 is 5.32 Å². The Kier molecular flexibility index (Phi) is 5.14. The Balaban J connectivity index is 3.11. The van der Waals surface area contributed by atoms with Gasteiger partial charge >= 0.3 is 5.69 Å². The maximum atomic E-state index is 11.0. The van der Waals surface area contributed by atoms with Crippen LogP contribution in [0.15, 0.2) is 54.8 Å². The molecule has 1 aromatic rings. The smallest absolute Gasteiger partial charge is 0.311 e. The first-order valence-corrected chi connectivity index (χ1v) is 5.63. The zero-order valence-electron chi connectivity index (χ0n) is 9.89. The van der Waals surface area contributed by atoms with Crippen molar-refractivity contribution >= 4 is 23.0 Å². The zero-order chi connectivity index (χ0) is 13.5. The number of nitrogens with one attached hydrogen (secondary N) is 1. The number of nitrogens with zero attached hydrogens (tertiary/aromatic N) is 1. The fourth-order valence-corrected chi connectivity index (χ4v) is 1.58. The second-order valence-electron chi connectivity index (χ2n) is 3.36. The minimum atomic E-state index is -0.505. The van der Waals surface area contributed by atoms with Crippen LogP contribution in [0.5, 0.6) is 0 Å². The summed E-state index contributed by atoms with van der Waals surface area (Å²) < 4.78 is 0. The van der Waals surface area contributed by atoms with Gasteiger partial charge in [0.15, 0.2) is 0 Å². The van der Waals surface area contributed by atoms with E-state index in [1.165, 1.54) is 6.07 Å². The van der Waals surface area contributed by atoms with Gasteiger partial charge in [-0.05, 0) is 25.1 Å². The number of hydrogen-bond acceptors (Lipinski definition) is 3. The maximum absolute atomic E-state index is 11.0. The molecule has 0 atom stereocenters. The Morgan fingerprint density at radius 3 is 2.83 bits per heavy atom. The molecule has 0 aliphatic rings. The van der Waals surface area contributed by atoms with E-state index >= 15 is 0 Å². The fraction of sp³-hybridized carbons (Fsp3) is 0.0769. The van der Waals surface area contributed by atoms with Crippen molar-refractivity contribution < 1.29 is 4.92 Å². The number of nitro groups is 1. The molecule has 0 amide bonds. The maximum Gasteiger partial charge on any atom is 0.311 e. The van der Waals surface area contributed by atoms with E-state index in [-0.39, 0.29) is 10.7 Å². The van der Waals surface area contributed by atoms with Crippen LogP contribution in [-0.4, -0.2) is 4.92 Å². The van der Waals surface area contributed by atoms with Crippen molar-refractivity contribution in [3.8, 4) is 0 Å². The van der Waals surface area contributed by atoms with Crippen LogP contribution >= 0.6 is 11.6 Å². The van der Waals surface area contributed by atoms with Crippen molar-refractivity contribution in [3.05, 3.63) is 69.9 Å². The number of anilines is 1. The molecule has 1 rings (SSSR count). The molecular weight excluding hydrogens is 252 g/mol. The zero-order valence-corrected chi connectivity index (χ0v) is 10.6. The lowest BCUT2D eigenvalue weighted by Gasteiger charge is -2.08. The molecule has 0 bridgehead atoms. The molecule has 0 spiro atoms. The molecule has 94 valence electrons. The number of para-hydroxylation sites is 1. The average Bonchev–Trinajstić information content (AvgIpc) is 2.33. The second-order valence-corrected chi connectivity index (χ2v) is 3.76. The Morgan fingerprint density at radius 1 is 1.56 bits per heavy atom. The SMILES string of the molecule is C=C/C=C\C(=C/C)Nc1cccc(Cl)c1[N+](=O)[O-]. The van der Waals surface area contributed by atoms with E-state index in [0.29, 0.717) is 5.69 Å². The number of rotatable bonds is 5. The summed E-state index contributed by atoms with van der Waals surface area (Å²) in [6.07, 6.45) is 6.92. The van der Waals surface area contributed by atoms with E-state index in [9.17, 15) is 10.1 Å². The lowest BCUT2D eigenvalue weighted by molar-refractivity contribution is -0.383. The lowest BCUT2D eigenvalue weighted by atomic mass is 10.2. The topological polar surface area (TPSA) is 55.2 Å². The first-order valence-electron chi connectivity index (χ1n) is 5.25. The molecular formula is C13H13ClN2O2. The van der Waals surface area contributed by atoms with Gasteiger partial charge in [0, 0.05) is 5.70 Å². The summed E-state index contributed by atoms with van der Waals surface area (Å²) in [5.74, 6) is 0. The van der Waals surface area contributed by atoms with Crippen LogP contribution in [0.3, 0.4) is 0 Å². The van der Waals surface area contributed by atoms with Crippen molar-refractivity contribution in [2.75, 3.05) is 5.32 Å². The van der Waals surface area contributed by atoms with Crippen LogP contribution < -0.4 is 5.32 Å². The molecule has 5 heteroatoms. The number of benzene rings is 1. The van der Waals surface area contributed by atoms with Crippen LogP contribution in [-0.2, 0) is 0 Å². The van der Waals surface area contributed by atoms with E-state index in [4.69, 9.17) is 11.6 Å². The van der Waals surface area contributed by atoms with Crippen molar-refractivity contribution in [1.82, 2.24) is 0 Å². The summed E-state index contributed by atoms with van der Waals surface area (Å²) in [7, 11) is 0. The monoisotopic (exact) mass is 264 g/mol. The van der Waals surface area contributed by atoms with Gasteiger partial charge in [0.2, 0.25) is 0 Å². The fourth-order valence-electron chi connectivity index (χ4n) is 1.34. The number of allylic oxidation sites excluding steroid dienone is 4. The molecule has 0 radical (unpaired) electrons. The molecule has 0 fully saturated rings. The largest absolute Gasteiger partial charge is 0.350 e. The third-order valence-corrected chi connectivity index (χ3v) is 2.48. The van der Waals surface area contributed by atoms with Gasteiger partial charge in [0.05, 0.1) is 4.92 Å². The quantitative estimate of drug-likeness (QED) is 0.490. The van der Waals surface area contributed by atoms with Gasteiger partial charge in [-0.25, -0.2) is 0 Å². The Morgan fingerprint density at radius 2 is 2.28 bits per heavy atom. The summed E-state index contributed by atoms with van der Waals surface area (Å²) in [5.41, 5.74) is 0.945. The highest BCUT2D eigenvalue weighted by molar-refractivity contribution is 6.33. The molecule has 0 saturated heterocycles. The van der Waals surface area contributed by atoms with E-state index in [1.54, 1.807) is 36.4 Å². The molecule has 18 heavy (non-hydrogen) atoms. The van der Waals surface area contributed by atoms with Crippen LogP contribution in [0, 0.1) is 10.1 Å². The Hall–Kier alpha value is -2.07. The molecule has 0 heterocycles. The summed E-state index contributed by atoms with van der Waals surface area (Å²) >= 11 is 5.82. The summed E-state index contributed by atoms with van der Waals surface area (Å²) in [5, 5.41) is 14.0. The average molecular weight is 265 g/mol. The Labute approximate surface area is 110 Å². The molecule has 0 saturated carbocycles. The minimum absolute atomic E-state index is 0.105. The third-order valence-electron chi connectivity index (χ3n) is 2.17. The molecule has 0 aliphatic heterocycles. The van der Waals surface area contributed by atoms with Gasteiger partial charge in [0.1, 0.15) is 10.7 Å². The van der Waals surface area contributed by atoms with Crippen molar-refractivity contribution in [2.45, 2.75) is 6.92 Å². The van der Waals surface area contributed by atoms with Gasteiger partial charge in [0.25, 0.3) is 0 Å². The highest BCUT2D eigenvalue weighted by atomic mass is 35.5. The van der Waals surface area contributed by atoms with Gasteiger partial charge in [-0.3, -0.25) is 10.1 Å². The predicted molar refractivity (Wildman–Crippen MR) is 74.8 cm³/mol. The lowest BCUT2D eigenvalue weighted by Crippen LogP contribution is -2.01. The molecule has 0 unspecified atom stereocenters. The van der Waals surface area contributed by atoms with Crippen LogP contribution in [0.25, 0.3) is 0 Å². The molecule has 0 aromatic heterocycles. The van der Waals surface area contributed by atoms with E-state index in [2.05, 4.69) is 11.9 Å². The van der Waals surface area contributed by atoms with Crippen LogP contribution in [0.4, 0.5) is 11.4 Å². The highest BCUT2D eigenvalue weighted by Crippen LogP contribution is 2.33. The highest BCUT2D eigenvalue weighted by Gasteiger charge is 2.18. The number of halogens is 1. The summed E-state index contributed by atoms with van der Waals surface area (Å²) in [4.78, 5) is 10.4. The summed E-state index contributed by atoms with van der Waals surface area (Å²) in [6, 6.07) is 4.75. The van der Waals surface area contributed by atoms with Gasteiger partial charge in [-0.2, -0.15) is 0 Å². The second kappa shape index (κ2) is 6.61. The van der Waals surface area contributed by atoms with E-state index in [1.807, 2.05) is 6.92 Å². The number of nitro benzene ring substituents is 1. The first kappa shape index (κ1) is 14.0. The number of hydrogen-bond donors (Lipinski definition) is 1. The van der Waals surface area contributed by atoms with E-state index < -0.39 is 4.92 Å². The summed E-state index contributed by atoms with van der Waals surface area (Å²) in [6.45, 7) is 5.39. The van der Waals surface area contributed by atoms with Crippen molar-refractivity contribution in [1.29, 1.82) is 0 Å². The van der Waals surface area contributed by atoms with Gasteiger partial charge in [-0.15, -0.1) is 0 Å². The Bertz CT molecular complexity index is 522. The first-order chi connectivity index (χ1) is 8.60. The molecule has 0 aliphatic carbocycles. The normalized spacial score (nSPS) is 11.6. The van der Waals surface area contributed by atoms with Crippen molar-refractivity contribution in [3.63, 3.8) is 0 Å².